The van der Waals surface area contributed by atoms with E-state index in [2.05, 4.69) is 20.9 Å². The van der Waals surface area contributed by atoms with Crippen molar-refractivity contribution in [1.82, 2.24) is 16.0 Å². The molecule has 0 heterocycles. The minimum atomic E-state index is -0.228. The van der Waals surface area contributed by atoms with Gasteiger partial charge in [-0.1, -0.05) is 24.3 Å². The van der Waals surface area contributed by atoms with Gasteiger partial charge in [0.2, 0.25) is 0 Å². The molecule has 156 valence electrons. The number of likely N-dealkylation sites (N-methyl/N-ethyl adjacent to an activating group) is 1. The molecule has 2 aromatic rings. The summed E-state index contributed by atoms with van der Waals surface area (Å²) in [7, 11) is 0. The molecule has 0 aliphatic carbocycles. The standard InChI is InChI=1S/C22H29FN4O2/c1-3-24-21(28)16-29-20-7-5-6-18(14-20)15-27-22(25-4-2)26-13-12-17-8-10-19(23)11-9-17/h5-11,14H,3-4,12-13,15-16H2,1-2H3,(H,24,28)(H2,25,26,27). The van der Waals surface area contributed by atoms with Crippen molar-refractivity contribution in [3.8, 4) is 5.75 Å². The lowest BCUT2D eigenvalue weighted by Gasteiger charge is -2.12. The van der Waals surface area contributed by atoms with E-state index < -0.39 is 0 Å². The summed E-state index contributed by atoms with van der Waals surface area (Å²) in [6, 6.07) is 14.0. The molecular weight excluding hydrogens is 371 g/mol. The number of carbonyl (C=O) groups excluding carboxylic acids is 1. The van der Waals surface area contributed by atoms with Crippen LogP contribution in [-0.4, -0.2) is 38.1 Å². The lowest BCUT2D eigenvalue weighted by molar-refractivity contribution is -0.122. The van der Waals surface area contributed by atoms with Crippen molar-refractivity contribution < 1.29 is 13.9 Å². The van der Waals surface area contributed by atoms with Crippen molar-refractivity contribution in [3.05, 3.63) is 65.5 Å². The number of rotatable bonds is 10. The summed E-state index contributed by atoms with van der Waals surface area (Å²) >= 11 is 0. The second-order valence-corrected chi connectivity index (χ2v) is 6.39. The molecule has 0 atom stereocenters. The lowest BCUT2D eigenvalue weighted by Crippen LogP contribution is -2.38. The number of benzene rings is 2. The molecule has 7 heteroatoms. The third-order valence-corrected chi connectivity index (χ3v) is 4.03. The van der Waals surface area contributed by atoms with Crippen LogP contribution in [0.4, 0.5) is 4.39 Å². The quantitative estimate of drug-likeness (QED) is 0.423. The highest BCUT2D eigenvalue weighted by molar-refractivity contribution is 5.79. The van der Waals surface area contributed by atoms with Crippen LogP contribution in [0.15, 0.2) is 53.5 Å². The Labute approximate surface area is 171 Å². The number of carbonyl (C=O) groups is 1. The van der Waals surface area contributed by atoms with Gasteiger partial charge in [-0.15, -0.1) is 0 Å². The minimum absolute atomic E-state index is 0.00581. The minimum Gasteiger partial charge on any atom is -0.484 e. The number of hydrogen-bond acceptors (Lipinski definition) is 3. The van der Waals surface area contributed by atoms with E-state index in [0.717, 1.165) is 24.1 Å². The van der Waals surface area contributed by atoms with E-state index in [4.69, 9.17) is 4.74 Å². The normalized spacial score (nSPS) is 11.1. The Bertz CT molecular complexity index is 794. The van der Waals surface area contributed by atoms with Crippen molar-refractivity contribution >= 4 is 11.9 Å². The van der Waals surface area contributed by atoms with E-state index in [0.29, 0.717) is 31.3 Å². The molecule has 0 radical (unpaired) electrons. The number of nitrogens with zero attached hydrogens (tertiary/aromatic N) is 1. The fourth-order valence-corrected chi connectivity index (χ4v) is 2.62. The van der Waals surface area contributed by atoms with E-state index in [1.165, 1.54) is 12.1 Å². The molecule has 0 unspecified atom stereocenters. The Hall–Kier alpha value is -3.09. The molecule has 0 saturated carbocycles. The number of guanidine groups is 1. The molecule has 0 fully saturated rings. The first-order valence-electron chi connectivity index (χ1n) is 9.85. The van der Waals surface area contributed by atoms with Gasteiger partial charge in [0.15, 0.2) is 12.6 Å². The predicted octanol–water partition coefficient (Wildman–Crippen LogP) is 2.64. The molecule has 0 aliphatic rings. The number of halogens is 1. The van der Waals surface area contributed by atoms with Crippen LogP contribution >= 0.6 is 0 Å². The molecule has 0 aliphatic heterocycles. The Morgan fingerprint density at radius 2 is 1.76 bits per heavy atom. The second-order valence-electron chi connectivity index (χ2n) is 6.39. The molecular formula is C22H29FN4O2. The van der Waals surface area contributed by atoms with Gasteiger partial charge < -0.3 is 20.7 Å². The van der Waals surface area contributed by atoms with E-state index in [-0.39, 0.29) is 18.3 Å². The van der Waals surface area contributed by atoms with Gasteiger partial charge in [-0.05, 0) is 55.7 Å². The van der Waals surface area contributed by atoms with Crippen molar-refractivity contribution in [2.75, 3.05) is 26.2 Å². The fraction of sp³-hybridized carbons (Fsp3) is 0.364. The number of nitrogens with one attached hydrogen (secondary N) is 3. The van der Waals surface area contributed by atoms with Crippen molar-refractivity contribution in [2.45, 2.75) is 26.8 Å². The van der Waals surface area contributed by atoms with E-state index in [1.54, 1.807) is 12.1 Å². The Morgan fingerprint density at radius 1 is 1.00 bits per heavy atom. The smallest absolute Gasteiger partial charge is 0.257 e. The Kier molecular flexibility index (Phi) is 9.48. The molecule has 6 nitrogen and oxygen atoms in total. The first-order valence-corrected chi connectivity index (χ1v) is 9.85. The first-order chi connectivity index (χ1) is 14.1. The molecule has 2 aromatic carbocycles. The van der Waals surface area contributed by atoms with Crippen molar-refractivity contribution in [3.63, 3.8) is 0 Å². The zero-order chi connectivity index (χ0) is 20.9. The third-order valence-electron chi connectivity index (χ3n) is 4.03. The van der Waals surface area contributed by atoms with Gasteiger partial charge in [0.1, 0.15) is 11.6 Å². The summed E-state index contributed by atoms with van der Waals surface area (Å²) in [4.78, 5) is 16.1. The number of hydrogen-bond donors (Lipinski definition) is 3. The maximum Gasteiger partial charge on any atom is 0.257 e. The molecule has 1 amide bonds. The number of amides is 1. The zero-order valence-electron chi connectivity index (χ0n) is 17.0. The lowest BCUT2D eigenvalue weighted by atomic mass is 10.1. The van der Waals surface area contributed by atoms with Crippen LogP contribution in [0.25, 0.3) is 0 Å². The van der Waals surface area contributed by atoms with Gasteiger partial charge in [-0.25, -0.2) is 9.38 Å². The maximum absolute atomic E-state index is 13.0. The summed E-state index contributed by atoms with van der Waals surface area (Å²) in [5.74, 6) is 0.978. The largest absolute Gasteiger partial charge is 0.484 e. The Morgan fingerprint density at radius 3 is 2.48 bits per heavy atom. The zero-order valence-corrected chi connectivity index (χ0v) is 17.0. The highest BCUT2D eigenvalue weighted by Crippen LogP contribution is 2.14. The first kappa shape index (κ1) is 22.2. The number of aliphatic imine (C=N–C) groups is 1. The molecule has 0 bridgehead atoms. The number of ether oxygens (including phenoxy) is 1. The van der Waals surface area contributed by atoms with Gasteiger partial charge in [0, 0.05) is 19.6 Å². The highest BCUT2D eigenvalue weighted by Gasteiger charge is 2.03. The SMILES string of the molecule is CCNC(=O)COc1cccc(CN=C(NCC)NCCc2ccc(F)cc2)c1. The summed E-state index contributed by atoms with van der Waals surface area (Å²) in [6.07, 6.45) is 0.772. The van der Waals surface area contributed by atoms with Crippen LogP contribution in [0.3, 0.4) is 0 Å². The van der Waals surface area contributed by atoms with Crippen molar-refractivity contribution in [1.29, 1.82) is 0 Å². The molecule has 0 spiro atoms. The highest BCUT2D eigenvalue weighted by atomic mass is 19.1. The molecule has 29 heavy (non-hydrogen) atoms. The van der Waals surface area contributed by atoms with E-state index in [9.17, 15) is 9.18 Å². The fourth-order valence-electron chi connectivity index (χ4n) is 2.62. The maximum atomic E-state index is 13.0. The van der Waals surface area contributed by atoms with Gasteiger partial charge in [-0.3, -0.25) is 4.79 Å². The average Bonchev–Trinajstić information content (AvgIpc) is 2.72. The van der Waals surface area contributed by atoms with Crippen LogP contribution in [0.2, 0.25) is 0 Å². The van der Waals surface area contributed by atoms with E-state index >= 15 is 0 Å². The topological polar surface area (TPSA) is 74.8 Å². The van der Waals surface area contributed by atoms with Crippen LogP contribution in [-0.2, 0) is 17.8 Å². The summed E-state index contributed by atoms with van der Waals surface area (Å²) in [6.45, 7) is 6.36. The molecule has 2 rings (SSSR count). The summed E-state index contributed by atoms with van der Waals surface area (Å²) < 4.78 is 18.5. The monoisotopic (exact) mass is 400 g/mol. The summed E-state index contributed by atoms with van der Waals surface area (Å²) in [5, 5.41) is 9.19. The van der Waals surface area contributed by atoms with Gasteiger partial charge in [-0.2, -0.15) is 0 Å². The van der Waals surface area contributed by atoms with Gasteiger partial charge >= 0.3 is 0 Å². The van der Waals surface area contributed by atoms with Crippen molar-refractivity contribution in [2.24, 2.45) is 4.99 Å². The van der Waals surface area contributed by atoms with Gasteiger partial charge in [0.05, 0.1) is 6.54 Å². The van der Waals surface area contributed by atoms with Gasteiger partial charge in [0.25, 0.3) is 5.91 Å². The van der Waals surface area contributed by atoms with Crippen LogP contribution in [0, 0.1) is 5.82 Å². The predicted molar refractivity (Wildman–Crippen MR) is 114 cm³/mol. The molecule has 3 N–H and O–H groups in total. The second kappa shape index (κ2) is 12.4. The van der Waals surface area contributed by atoms with Crippen LogP contribution < -0.4 is 20.7 Å². The average molecular weight is 400 g/mol. The van der Waals surface area contributed by atoms with Crippen LogP contribution in [0.5, 0.6) is 5.75 Å². The third kappa shape index (κ3) is 8.64. The molecule has 0 aromatic heterocycles. The summed E-state index contributed by atoms with van der Waals surface area (Å²) in [5.41, 5.74) is 2.04. The Balaban J connectivity index is 1.87. The molecule has 0 saturated heterocycles. The van der Waals surface area contributed by atoms with Crippen LogP contribution in [0.1, 0.15) is 25.0 Å². The van der Waals surface area contributed by atoms with E-state index in [1.807, 2.05) is 38.1 Å².